The molecule has 1 unspecified atom stereocenters. The van der Waals surface area contributed by atoms with Crippen LogP contribution in [0.25, 0.3) is 0 Å². The molecule has 0 radical (unpaired) electrons. The Hall–Kier alpha value is -3.31. The SMILES string of the molecule is COc1ccccc1CNC(=O)C(Cc1ccccc1)NC(=O)c1ccc(Cl)cc1. The highest BCUT2D eigenvalue weighted by Crippen LogP contribution is 2.17. The maximum absolute atomic E-state index is 13.0. The number of hydrogen-bond donors (Lipinski definition) is 2. The summed E-state index contributed by atoms with van der Waals surface area (Å²) in [5.41, 5.74) is 2.25. The van der Waals surface area contributed by atoms with E-state index < -0.39 is 6.04 Å². The Morgan fingerprint density at radius 3 is 2.30 bits per heavy atom. The van der Waals surface area contributed by atoms with E-state index in [1.165, 1.54) is 0 Å². The van der Waals surface area contributed by atoms with Crippen molar-refractivity contribution >= 4 is 23.4 Å². The Balaban J connectivity index is 1.73. The fourth-order valence-corrected chi connectivity index (χ4v) is 3.18. The highest BCUT2D eigenvalue weighted by Gasteiger charge is 2.22. The lowest BCUT2D eigenvalue weighted by Gasteiger charge is -2.19. The number of amides is 2. The minimum absolute atomic E-state index is 0.271. The molecule has 0 heterocycles. The number of benzene rings is 3. The molecule has 0 bridgehead atoms. The first-order chi connectivity index (χ1) is 14.6. The van der Waals surface area contributed by atoms with Gasteiger partial charge in [0.15, 0.2) is 0 Å². The van der Waals surface area contributed by atoms with Crippen molar-refractivity contribution in [3.63, 3.8) is 0 Å². The molecular formula is C24H23ClN2O3. The van der Waals surface area contributed by atoms with Crippen LogP contribution in [0.15, 0.2) is 78.9 Å². The molecule has 3 aromatic rings. The Labute approximate surface area is 181 Å². The third-order valence-corrected chi connectivity index (χ3v) is 4.91. The fraction of sp³-hybridized carbons (Fsp3) is 0.167. The number of hydrogen-bond acceptors (Lipinski definition) is 3. The van der Waals surface area contributed by atoms with Crippen LogP contribution in [0.3, 0.4) is 0 Å². The van der Waals surface area contributed by atoms with Gasteiger partial charge >= 0.3 is 0 Å². The van der Waals surface area contributed by atoms with Gasteiger partial charge in [-0.2, -0.15) is 0 Å². The quantitative estimate of drug-likeness (QED) is 0.576. The molecule has 0 fully saturated rings. The Kier molecular flexibility index (Phi) is 7.46. The third kappa shape index (κ3) is 5.84. The molecule has 0 aliphatic carbocycles. The lowest BCUT2D eigenvalue weighted by molar-refractivity contribution is -0.123. The molecule has 2 amide bonds. The number of rotatable bonds is 8. The van der Waals surface area contributed by atoms with Gasteiger partial charge in [0.1, 0.15) is 11.8 Å². The van der Waals surface area contributed by atoms with Crippen LogP contribution in [0.4, 0.5) is 0 Å². The number of para-hydroxylation sites is 1. The average molecular weight is 423 g/mol. The second-order valence-corrected chi connectivity index (χ2v) is 7.19. The van der Waals surface area contributed by atoms with Crippen LogP contribution in [0.2, 0.25) is 5.02 Å². The number of methoxy groups -OCH3 is 1. The normalized spacial score (nSPS) is 11.4. The van der Waals surface area contributed by atoms with Gasteiger partial charge in [-0.25, -0.2) is 0 Å². The van der Waals surface area contributed by atoms with Crippen molar-refractivity contribution in [2.24, 2.45) is 0 Å². The molecule has 6 heteroatoms. The summed E-state index contributed by atoms with van der Waals surface area (Å²) in [7, 11) is 1.59. The van der Waals surface area contributed by atoms with Crippen molar-refractivity contribution in [2.75, 3.05) is 7.11 Å². The summed E-state index contributed by atoms with van der Waals surface area (Å²) in [5, 5.41) is 6.29. The lowest BCUT2D eigenvalue weighted by atomic mass is 10.0. The number of ether oxygens (including phenoxy) is 1. The van der Waals surface area contributed by atoms with Crippen LogP contribution >= 0.6 is 11.6 Å². The molecule has 1 atom stereocenters. The van der Waals surface area contributed by atoms with E-state index in [9.17, 15) is 9.59 Å². The summed E-state index contributed by atoms with van der Waals surface area (Å²) in [5.74, 6) is 0.0923. The molecule has 3 aromatic carbocycles. The van der Waals surface area contributed by atoms with E-state index in [-0.39, 0.29) is 11.8 Å². The first-order valence-corrected chi connectivity index (χ1v) is 9.94. The topological polar surface area (TPSA) is 67.4 Å². The van der Waals surface area contributed by atoms with E-state index in [4.69, 9.17) is 16.3 Å². The van der Waals surface area contributed by atoms with E-state index in [1.54, 1.807) is 31.4 Å². The maximum Gasteiger partial charge on any atom is 0.251 e. The smallest absolute Gasteiger partial charge is 0.251 e. The Bertz CT molecular complexity index is 991. The number of carbonyl (C=O) groups is 2. The first-order valence-electron chi connectivity index (χ1n) is 9.57. The van der Waals surface area contributed by atoms with Crippen molar-refractivity contribution in [1.29, 1.82) is 0 Å². The first kappa shape index (κ1) is 21.4. The van der Waals surface area contributed by atoms with Gasteiger partial charge in [0.05, 0.1) is 7.11 Å². The van der Waals surface area contributed by atoms with Crippen molar-refractivity contribution in [1.82, 2.24) is 10.6 Å². The van der Waals surface area contributed by atoms with Gasteiger partial charge in [0.2, 0.25) is 5.91 Å². The maximum atomic E-state index is 13.0. The van der Waals surface area contributed by atoms with E-state index in [1.807, 2.05) is 54.6 Å². The van der Waals surface area contributed by atoms with Crippen LogP contribution in [-0.4, -0.2) is 25.0 Å². The molecule has 0 aliphatic heterocycles. The van der Waals surface area contributed by atoms with Gasteiger partial charge in [0.25, 0.3) is 5.91 Å². The largest absolute Gasteiger partial charge is 0.496 e. The summed E-state index contributed by atoms with van der Waals surface area (Å²) in [6, 6.07) is 22.9. The molecule has 154 valence electrons. The van der Waals surface area contributed by atoms with E-state index in [2.05, 4.69) is 10.6 Å². The van der Waals surface area contributed by atoms with Crippen LogP contribution in [0, 0.1) is 0 Å². The fourth-order valence-electron chi connectivity index (χ4n) is 3.06. The second-order valence-electron chi connectivity index (χ2n) is 6.75. The molecule has 5 nitrogen and oxygen atoms in total. The van der Waals surface area contributed by atoms with Gasteiger partial charge in [-0.15, -0.1) is 0 Å². The minimum Gasteiger partial charge on any atom is -0.496 e. The molecule has 30 heavy (non-hydrogen) atoms. The minimum atomic E-state index is -0.731. The summed E-state index contributed by atoms with van der Waals surface area (Å²) in [6.45, 7) is 0.297. The van der Waals surface area contributed by atoms with E-state index >= 15 is 0 Å². The Morgan fingerprint density at radius 1 is 0.933 bits per heavy atom. The summed E-state index contributed by atoms with van der Waals surface area (Å²) in [6.07, 6.45) is 0.373. The lowest BCUT2D eigenvalue weighted by Crippen LogP contribution is -2.47. The van der Waals surface area contributed by atoms with Crippen LogP contribution in [0.1, 0.15) is 21.5 Å². The van der Waals surface area contributed by atoms with Crippen LogP contribution < -0.4 is 15.4 Å². The molecule has 0 saturated heterocycles. The predicted molar refractivity (Wildman–Crippen MR) is 118 cm³/mol. The number of nitrogens with one attached hydrogen (secondary N) is 2. The molecule has 0 aliphatic rings. The van der Waals surface area contributed by atoms with Gasteiger partial charge in [-0.05, 0) is 35.9 Å². The van der Waals surface area contributed by atoms with Crippen molar-refractivity contribution in [3.8, 4) is 5.75 Å². The molecular weight excluding hydrogens is 400 g/mol. The average Bonchev–Trinajstić information content (AvgIpc) is 2.78. The highest BCUT2D eigenvalue weighted by molar-refractivity contribution is 6.30. The predicted octanol–water partition coefficient (Wildman–Crippen LogP) is 4.01. The Morgan fingerprint density at radius 2 is 1.60 bits per heavy atom. The monoisotopic (exact) mass is 422 g/mol. The summed E-state index contributed by atoms with van der Waals surface area (Å²) >= 11 is 5.90. The second kappa shape index (κ2) is 10.5. The molecule has 2 N–H and O–H groups in total. The molecule has 0 saturated carbocycles. The standard InChI is InChI=1S/C24H23ClN2O3/c1-30-22-10-6-5-9-19(22)16-26-24(29)21(15-17-7-3-2-4-8-17)27-23(28)18-11-13-20(25)14-12-18/h2-14,21H,15-16H2,1H3,(H,26,29)(H,27,28). The van der Waals surface area contributed by atoms with E-state index in [0.717, 1.165) is 11.1 Å². The molecule has 3 rings (SSSR count). The summed E-state index contributed by atoms with van der Waals surface area (Å²) in [4.78, 5) is 25.6. The van der Waals surface area contributed by atoms with Crippen LogP contribution in [0.5, 0.6) is 5.75 Å². The van der Waals surface area contributed by atoms with E-state index in [0.29, 0.717) is 29.3 Å². The highest BCUT2D eigenvalue weighted by atomic mass is 35.5. The number of carbonyl (C=O) groups excluding carboxylic acids is 2. The van der Waals surface area contributed by atoms with Gasteiger partial charge in [-0.1, -0.05) is 60.1 Å². The third-order valence-electron chi connectivity index (χ3n) is 4.66. The molecule has 0 aromatic heterocycles. The zero-order valence-corrected chi connectivity index (χ0v) is 17.4. The number of halogens is 1. The van der Waals surface area contributed by atoms with Crippen LogP contribution in [-0.2, 0) is 17.8 Å². The van der Waals surface area contributed by atoms with Crippen molar-refractivity contribution in [3.05, 3.63) is 101 Å². The summed E-state index contributed by atoms with van der Waals surface area (Å²) < 4.78 is 5.33. The van der Waals surface area contributed by atoms with Gasteiger partial charge in [0, 0.05) is 29.1 Å². The van der Waals surface area contributed by atoms with Crippen molar-refractivity contribution < 1.29 is 14.3 Å². The zero-order valence-electron chi connectivity index (χ0n) is 16.6. The van der Waals surface area contributed by atoms with Gasteiger partial charge < -0.3 is 15.4 Å². The molecule has 0 spiro atoms. The zero-order chi connectivity index (χ0) is 21.3. The van der Waals surface area contributed by atoms with Crippen molar-refractivity contribution in [2.45, 2.75) is 19.0 Å². The van der Waals surface area contributed by atoms with Gasteiger partial charge in [-0.3, -0.25) is 9.59 Å².